The van der Waals surface area contributed by atoms with Crippen molar-refractivity contribution in [1.29, 1.82) is 0 Å². The molecular formula is C20H31N3O4S. The number of amides is 1. The maximum Gasteiger partial charge on any atom is 0.251 e. The van der Waals surface area contributed by atoms with Crippen LogP contribution in [0.5, 0.6) is 0 Å². The largest absolute Gasteiger partial charge is 0.379 e. The first kappa shape index (κ1) is 21.2. The molecule has 0 aromatic heterocycles. The molecule has 28 heavy (non-hydrogen) atoms. The maximum absolute atomic E-state index is 12.7. The van der Waals surface area contributed by atoms with E-state index in [1.165, 1.54) is 12.5 Å². The molecule has 0 bridgehead atoms. The maximum atomic E-state index is 12.7. The zero-order valence-electron chi connectivity index (χ0n) is 16.6. The third kappa shape index (κ3) is 5.76. The minimum Gasteiger partial charge on any atom is -0.379 e. The number of nitrogens with one attached hydrogen (secondary N) is 2. The van der Waals surface area contributed by atoms with Crippen molar-refractivity contribution in [2.45, 2.75) is 50.0 Å². The standard InChI is InChI=1S/C20H31N3O4S/c1-16-7-8-18(15-19(16)20(24)22-17-5-3-2-4-6-17)28(25,26)21-9-10-23-11-13-27-14-12-23/h7-8,15,17,21H,2-6,9-14H2,1H3,(H,22,24). The van der Waals surface area contributed by atoms with Gasteiger partial charge in [-0.3, -0.25) is 9.69 Å². The van der Waals surface area contributed by atoms with Gasteiger partial charge in [-0.05, 0) is 37.5 Å². The minimum atomic E-state index is -3.65. The van der Waals surface area contributed by atoms with Gasteiger partial charge in [0, 0.05) is 37.8 Å². The quantitative estimate of drug-likeness (QED) is 0.715. The second-order valence-electron chi connectivity index (χ2n) is 7.64. The van der Waals surface area contributed by atoms with E-state index in [1.54, 1.807) is 12.1 Å². The van der Waals surface area contributed by atoms with Gasteiger partial charge in [0.1, 0.15) is 0 Å². The highest BCUT2D eigenvalue weighted by atomic mass is 32.2. The van der Waals surface area contributed by atoms with E-state index in [2.05, 4.69) is 14.9 Å². The Hall–Kier alpha value is -1.48. The molecule has 1 heterocycles. The molecular weight excluding hydrogens is 378 g/mol. The number of carbonyl (C=O) groups excluding carboxylic acids is 1. The molecule has 0 atom stereocenters. The van der Waals surface area contributed by atoms with Gasteiger partial charge < -0.3 is 10.1 Å². The van der Waals surface area contributed by atoms with Crippen LogP contribution in [-0.4, -0.2) is 64.7 Å². The number of rotatable bonds is 7. The van der Waals surface area contributed by atoms with Gasteiger partial charge in [0.2, 0.25) is 10.0 Å². The lowest BCUT2D eigenvalue weighted by Gasteiger charge is -2.26. The fourth-order valence-corrected chi connectivity index (χ4v) is 4.82. The summed E-state index contributed by atoms with van der Waals surface area (Å²) < 4.78 is 33.3. The zero-order chi connectivity index (χ0) is 20.0. The zero-order valence-corrected chi connectivity index (χ0v) is 17.4. The van der Waals surface area contributed by atoms with E-state index in [9.17, 15) is 13.2 Å². The lowest BCUT2D eigenvalue weighted by Crippen LogP contribution is -2.41. The predicted octanol–water partition coefficient (Wildman–Crippen LogP) is 1.67. The number of hydrogen-bond donors (Lipinski definition) is 2. The van der Waals surface area contributed by atoms with Crippen molar-refractivity contribution in [2.24, 2.45) is 0 Å². The first-order chi connectivity index (χ1) is 13.5. The number of aryl methyl sites for hydroxylation is 1. The molecule has 3 rings (SSSR count). The summed E-state index contributed by atoms with van der Waals surface area (Å²) in [5, 5.41) is 3.07. The van der Waals surface area contributed by atoms with Crippen molar-refractivity contribution in [3.63, 3.8) is 0 Å². The van der Waals surface area contributed by atoms with E-state index in [0.29, 0.717) is 31.9 Å². The van der Waals surface area contributed by atoms with Crippen molar-refractivity contribution in [3.8, 4) is 0 Å². The van der Waals surface area contributed by atoms with Crippen molar-refractivity contribution in [2.75, 3.05) is 39.4 Å². The average molecular weight is 410 g/mol. The second-order valence-corrected chi connectivity index (χ2v) is 9.40. The minimum absolute atomic E-state index is 0.133. The summed E-state index contributed by atoms with van der Waals surface area (Å²) >= 11 is 0. The van der Waals surface area contributed by atoms with E-state index >= 15 is 0 Å². The smallest absolute Gasteiger partial charge is 0.251 e. The molecule has 1 saturated heterocycles. The van der Waals surface area contributed by atoms with Crippen LogP contribution in [0.4, 0.5) is 0 Å². The summed E-state index contributed by atoms with van der Waals surface area (Å²) in [7, 11) is -3.65. The van der Waals surface area contributed by atoms with Crippen LogP contribution >= 0.6 is 0 Å². The van der Waals surface area contributed by atoms with Crippen LogP contribution in [0.3, 0.4) is 0 Å². The van der Waals surface area contributed by atoms with Gasteiger partial charge in [0.15, 0.2) is 0 Å². The second kappa shape index (κ2) is 9.82. The van der Waals surface area contributed by atoms with Crippen LogP contribution in [-0.2, 0) is 14.8 Å². The molecule has 1 saturated carbocycles. The third-order valence-corrected chi connectivity index (χ3v) is 6.99. The molecule has 2 aliphatic rings. The monoisotopic (exact) mass is 409 g/mol. The Morgan fingerprint density at radius 1 is 1.18 bits per heavy atom. The average Bonchev–Trinajstić information content (AvgIpc) is 2.69. The molecule has 2 N–H and O–H groups in total. The molecule has 1 aromatic rings. The van der Waals surface area contributed by atoms with Gasteiger partial charge in [0.25, 0.3) is 5.91 Å². The molecule has 1 aliphatic heterocycles. The lowest BCUT2D eigenvalue weighted by molar-refractivity contribution is 0.0390. The number of morpholine rings is 1. The Kier molecular flexibility index (Phi) is 7.45. The molecule has 1 aromatic carbocycles. The number of nitrogens with zero attached hydrogens (tertiary/aromatic N) is 1. The van der Waals surface area contributed by atoms with E-state index in [-0.39, 0.29) is 16.8 Å². The Morgan fingerprint density at radius 2 is 1.89 bits per heavy atom. The van der Waals surface area contributed by atoms with Crippen LogP contribution < -0.4 is 10.0 Å². The molecule has 0 radical (unpaired) electrons. The molecule has 2 fully saturated rings. The highest BCUT2D eigenvalue weighted by molar-refractivity contribution is 7.89. The van der Waals surface area contributed by atoms with E-state index in [1.807, 2.05) is 6.92 Å². The number of ether oxygens (including phenoxy) is 1. The van der Waals surface area contributed by atoms with Gasteiger partial charge in [-0.15, -0.1) is 0 Å². The molecule has 1 aliphatic carbocycles. The SMILES string of the molecule is Cc1ccc(S(=O)(=O)NCCN2CCOCC2)cc1C(=O)NC1CCCCC1. The van der Waals surface area contributed by atoms with Crippen molar-refractivity contribution >= 4 is 15.9 Å². The Bertz CT molecular complexity index is 770. The van der Waals surface area contributed by atoms with Gasteiger partial charge in [-0.1, -0.05) is 25.3 Å². The molecule has 1 amide bonds. The van der Waals surface area contributed by atoms with Crippen molar-refractivity contribution in [1.82, 2.24) is 14.9 Å². The number of sulfonamides is 1. The molecule has 0 unspecified atom stereocenters. The van der Waals surface area contributed by atoms with Gasteiger partial charge in [0.05, 0.1) is 18.1 Å². The Balaban J connectivity index is 1.62. The predicted molar refractivity (Wildman–Crippen MR) is 108 cm³/mol. The highest BCUT2D eigenvalue weighted by Crippen LogP contribution is 2.20. The van der Waals surface area contributed by atoms with Crippen LogP contribution in [0.2, 0.25) is 0 Å². The number of carbonyl (C=O) groups is 1. The fraction of sp³-hybridized carbons (Fsp3) is 0.650. The van der Waals surface area contributed by atoms with Crippen LogP contribution in [0, 0.1) is 6.92 Å². The van der Waals surface area contributed by atoms with Crippen molar-refractivity contribution < 1.29 is 17.9 Å². The topological polar surface area (TPSA) is 87.7 Å². The summed E-state index contributed by atoms with van der Waals surface area (Å²) in [6.07, 6.45) is 5.46. The fourth-order valence-electron chi connectivity index (χ4n) is 3.77. The van der Waals surface area contributed by atoms with Crippen molar-refractivity contribution in [3.05, 3.63) is 29.3 Å². The van der Waals surface area contributed by atoms with E-state index < -0.39 is 10.0 Å². The molecule has 0 spiro atoms. The molecule has 7 nitrogen and oxygen atoms in total. The van der Waals surface area contributed by atoms with E-state index in [0.717, 1.165) is 44.3 Å². The number of hydrogen-bond acceptors (Lipinski definition) is 5. The highest BCUT2D eigenvalue weighted by Gasteiger charge is 2.21. The van der Waals surface area contributed by atoms with Gasteiger partial charge in [-0.25, -0.2) is 13.1 Å². The van der Waals surface area contributed by atoms with Gasteiger partial charge >= 0.3 is 0 Å². The summed E-state index contributed by atoms with van der Waals surface area (Å²) in [6.45, 7) is 5.81. The summed E-state index contributed by atoms with van der Waals surface area (Å²) in [6, 6.07) is 4.94. The lowest BCUT2D eigenvalue weighted by atomic mass is 9.95. The Labute approximate surface area is 167 Å². The van der Waals surface area contributed by atoms with Crippen LogP contribution in [0.15, 0.2) is 23.1 Å². The van der Waals surface area contributed by atoms with Crippen LogP contribution in [0.25, 0.3) is 0 Å². The Morgan fingerprint density at radius 3 is 2.61 bits per heavy atom. The van der Waals surface area contributed by atoms with Crippen LogP contribution in [0.1, 0.15) is 48.0 Å². The van der Waals surface area contributed by atoms with Gasteiger partial charge in [-0.2, -0.15) is 0 Å². The normalized spacial score (nSPS) is 19.5. The first-order valence-electron chi connectivity index (χ1n) is 10.2. The first-order valence-corrected chi connectivity index (χ1v) is 11.7. The molecule has 8 heteroatoms. The summed E-state index contributed by atoms with van der Waals surface area (Å²) in [4.78, 5) is 15.0. The van der Waals surface area contributed by atoms with E-state index in [4.69, 9.17) is 4.74 Å². The summed E-state index contributed by atoms with van der Waals surface area (Å²) in [5.74, 6) is -0.185. The third-order valence-electron chi connectivity index (χ3n) is 5.53. The summed E-state index contributed by atoms with van der Waals surface area (Å²) in [5.41, 5.74) is 1.21. The number of benzene rings is 1. The molecule has 156 valence electrons.